The Hall–Kier alpha value is -1.76. The first-order valence-electron chi connectivity index (χ1n) is 6.01. The Labute approximate surface area is 103 Å². The van der Waals surface area contributed by atoms with E-state index >= 15 is 0 Å². The van der Waals surface area contributed by atoms with E-state index in [0.717, 1.165) is 17.1 Å². The normalized spacial score (nSPS) is 10.6. The van der Waals surface area contributed by atoms with E-state index in [2.05, 4.69) is 39.0 Å². The quantitative estimate of drug-likeness (QED) is 0.722. The van der Waals surface area contributed by atoms with Crippen molar-refractivity contribution in [3.63, 3.8) is 0 Å². The largest absolute Gasteiger partial charge is 0.457 e. The van der Waals surface area contributed by atoms with Crippen LogP contribution in [0.5, 0.6) is 11.5 Å². The lowest BCUT2D eigenvalue weighted by atomic mass is 10.0. The van der Waals surface area contributed by atoms with Crippen LogP contribution in [0.25, 0.3) is 0 Å². The first-order chi connectivity index (χ1) is 8.18. The molecule has 0 saturated carbocycles. The lowest BCUT2D eigenvalue weighted by Crippen LogP contribution is -1.94. The van der Waals surface area contributed by atoms with Crippen molar-refractivity contribution in [1.29, 1.82) is 0 Å². The van der Waals surface area contributed by atoms with Gasteiger partial charge in [0.15, 0.2) is 0 Å². The van der Waals surface area contributed by atoms with Crippen molar-refractivity contribution in [2.75, 3.05) is 0 Å². The summed E-state index contributed by atoms with van der Waals surface area (Å²) < 4.78 is 6.00. The molecule has 0 aromatic heterocycles. The van der Waals surface area contributed by atoms with E-state index in [4.69, 9.17) is 4.74 Å². The number of ether oxygens (including phenoxy) is 1. The molecule has 0 heterocycles. The summed E-state index contributed by atoms with van der Waals surface area (Å²) in [6.45, 7) is 6.42. The van der Waals surface area contributed by atoms with Crippen LogP contribution < -0.4 is 4.74 Å². The highest BCUT2D eigenvalue weighted by molar-refractivity contribution is 5.41. The highest BCUT2D eigenvalue weighted by atomic mass is 16.5. The lowest BCUT2D eigenvalue weighted by Gasteiger charge is -2.14. The van der Waals surface area contributed by atoms with Crippen LogP contribution in [-0.2, 0) is 0 Å². The minimum Gasteiger partial charge on any atom is -0.457 e. The topological polar surface area (TPSA) is 9.23 Å². The van der Waals surface area contributed by atoms with Crippen LogP contribution in [0.4, 0.5) is 0 Å². The second-order valence-electron chi connectivity index (χ2n) is 4.56. The van der Waals surface area contributed by atoms with Gasteiger partial charge < -0.3 is 4.74 Å². The Morgan fingerprint density at radius 1 is 0.824 bits per heavy atom. The van der Waals surface area contributed by atoms with Gasteiger partial charge in [-0.05, 0) is 36.1 Å². The van der Waals surface area contributed by atoms with Gasteiger partial charge in [-0.3, -0.25) is 0 Å². The molecule has 0 unspecified atom stereocenters. The van der Waals surface area contributed by atoms with E-state index in [1.807, 2.05) is 30.3 Å². The zero-order valence-corrected chi connectivity index (χ0v) is 10.6. The van der Waals surface area contributed by atoms with Crippen LogP contribution in [0.1, 0.15) is 30.9 Å². The lowest BCUT2D eigenvalue weighted by molar-refractivity contribution is 0.469. The van der Waals surface area contributed by atoms with Crippen molar-refractivity contribution in [3.05, 3.63) is 59.7 Å². The smallest absolute Gasteiger partial charge is 0.130 e. The monoisotopic (exact) mass is 226 g/mol. The van der Waals surface area contributed by atoms with Crippen LogP contribution in [0.15, 0.2) is 48.5 Å². The minimum atomic E-state index is 0.468. The zero-order valence-electron chi connectivity index (χ0n) is 10.6. The Balaban J connectivity index is 2.34. The van der Waals surface area contributed by atoms with E-state index in [0.29, 0.717) is 5.92 Å². The number of rotatable bonds is 3. The molecule has 88 valence electrons. The molecule has 0 bridgehead atoms. The third-order valence-electron chi connectivity index (χ3n) is 2.85. The van der Waals surface area contributed by atoms with Crippen LogP contribution >= 0.6 is 0 Å². The van der Waals surface area contributed by atoms with Crippen molar-refractivity contribution in [1.82, 2.24) is 0 Å². The molecule has 2 aromatic carbocycles. The van der Waals surface area contributed by atoms with E-state index in [1.54, 1.807) is 0 Å². The second-order valence-corrected chi connectivity index (χ2v) is 4.56. The van der Waals surface area contributed by atoms with Gasteiger partial charge >= 0.3 is 0 Å². The number of aryl methyl sites for hydroxylation is 1. The van der Waals surface area contributed by atoms with Gasteiger partial charge in [-0.1, -0.05) is 50.2 Å². The molecule has 2 rings (SSSR count). The fourth-order valence-corrected chi connectivity index (χ4v) is 1.84. The van der Waals surface area contributed by atoms with Gasteiger partial charge in [-0.2, -0.15) is 0 Å². The number of hydrogen-bond acceptors (Lipinski definition) is 1. The molecule has 0 aliphatic heterocycles. The number of benzene rings is 2. The van der Waals surface area contributed by atoms with Crippen LogP contribution in [0, 0.1) is 6.92 Å². The van der Waals surface area contributed by atoms with E-state index in [-0.39, 0.29) is 0 Å². The average Bonchev–Trinajstić information content (AvgIpc) is 2.32. The third kappa shape index (κ3) is 2.68. The molecule has 1 heteroatoms. The summed E-state index contributed by atoms with van der Waals surface area (Å²) in [5, 5.41) is 0. The summed E-state index contributed by atoms with van der Waals surface area (Å²) in [4.78, 5) is 0. The molecule has 0 fully saturated rings. The van der Waals surface area contributed by atoms with Crippen molar-refractivity contribution in [2.24, 2.45) is 0 Å². The molecule has 0 radical (unpaired) electrons. The Morgan fingerprint density at radius 3 is 2.06 bits per heavy atom. The average molecular weight is 226 g/mol. The van der Waals surface area contributed by atoms with E-state index in [9.17, 15) is 0 Å². The summed E-state index contributed by atoms with van der Waals surface area (Å²) in [7, 11) is 0. The number of para-hydroxylation sites is 2. The van der Waals surface area contributed by atoms with Crippen molar-refractivity contribution in [2.45, 2.75) is 26.7 Å². The Kier molecular flexibility index (Phi) is 3.48. The molecule has 0 amide bonds. The van der Waals surface area contributed by atoms with Gasteiger partial charge in [0.1, 0.15) is 11.5 Å². The fourth-order valence-electron chi connectivity index (χ4n) is 1.84. The molecule has 0 saturated heterocycles. The summed E-state index contributed by atoms with van der Waals surface area (Å²) in [6.07, 6.45) is 0. The molecule has 0 N–H and O–H groups in total. The third-order valence-corrected chi connectivity index (χ3v) is 2.85. The molecular weight excluding hydrogens is 208 g/mol. The van der Waals surface area contributed by atoms with Crippen LogP contribution in [0.2, 0.25) is 0 Å². The van der Waals surface area contributed by atoms with E-state index in [1.165, 1.54) is 5.56 Å². The van der Waals surface area contributed by atoms with Crippen molar-refractivity contribution in [3.8, 4) is 11.5 Å². The van der Waals surface area contributed by atoms with Gasteiger partial charge in [0, 0.05) is 0 Å². The Morgan fingerprint density at radius 2 is 1.41 bits per heavy atom. The van der Waals surface area contributed by atoms with Gasteiger partial charge in [0.2, 0.25) is 0 Å². The van der Waals surface area contributed by atoms with Crippen LogP contribution in [0.3, 0.4) is 0 Å². The van der Waals surface area contributed by atoms with Crippen molar-refractivity contribution >= 4 is 0 Å². The van der Waals surface area contributed by atoms with Crippen LogP contribution in [-0.4, -0.2) is 0 Å². The minimum absolute atomic E-state index is 0.468. The highest BCUT2D eigenvalue weighted by Gasteiger charge is 2.08. The maximum absolute atomic E-state index is 6.00. The molecular formula is C16H18O. The summed E-state index contributed by atoms with van der Waals surface area (Å²) >= 11 is 0. The van der Waals surface area contributed by atoms with Gasteiger partial charge in [-0.15, -0.1) is 0 Å². The molecule has 0 aliphatic rings. The summed E-state index contributed by atoms with van der Waals surface area (Å²) in [5.74, 6) is 2.35. The van der Waals surface area contributed by atoms with Gasteiger partial charge in [0.05, 0.1) is 0 Å². The Bertz CT molecular complexity index is 500. The fraction of sp³-hybridized carbons (Fsp3) is 0.250. The zero-order chi connectivity index (χ0) is 12.3. The predicted molar refractivity (Wildman–Crippen MR) is 71.8 cm³/mol. The second kappa shape index (κ2) is 5.05. The molecule has 0 aliphatic carbocycles. The van der Waals surface area contributed by atoms with Crippen molar-refractivity contribution < 1.29 is 4.74 Å². The first kappa shape index (κ1) is 11.7. The SMILES string of the molecule is Cc1ccccc1Oc1ccccc1C(C)C. The van der Waals surface area contributed by atoms with E-state index < -0.39 is 0 Å². The summed E-state index contributed by atoms with van der Waals surface area (Å²) in [6, 6.07) is 16.3. The molecule has 0 atom stereocenters. The predicted octanol–water partition coefficient (Wildman–Crippen LogP) is 4.91. The highest BCUT2D eigenvalue weighted by Crippen LogP contribution is 2.31. The molecule has 0 spiro atoms. The van der Waals surface area contributed by atoms with Gasteiger partial charge in [-0.25, -0.2) is 0 Å². The first-order valence-corrected chi connectivity index (χ1v) is 6.01. The standard InChI is InChI=1S/C16H18O/c1-12(2)14-9-5-7-11-16(14)17-15-10-6-4-8-13(15)3/h4-12H,1-3H3. The molecule has 1 nitrogen and oxygen atoms in total. The summed E-state index contributed by atoms with van der Waals surface area (Å²) in [5.41, 5.74) is 2.40. The maximum atomic E-state index is 6.00. The number of hydrogen-bond donors (Lipinski definition) is 0. The van der Waals surface area contributed by atoms with Gasteiger partial charge in [0.25, 0.3) is 0 Å². The maximum Gasteiger partial charge on any atom is 0.130 e. The molecule has 17 heavy (non-hydrogen) atoms. The molecule has 2 aromatic rings.